The topological polar surface area (TPSA) is 37.3 Å². The molecule has 2 unspecified atom stereocenters. The van der Waals surface area contributed by atoms with E-state index in [9.17, 15) is 4.79 Å². The average Bonchev–Trinajstić information content (AvgIpc) is 1.91. The first-order valence-corrected chi connectivity index (χ1v) is 4.17. The van der Waals surface area contributed by atoms with Crippen molar-refractivity contribution in [1.29, 1.82) is 0 Å². The summed E-state index contributed by atoms with van der Waals surface area (Å²) in [5.74, 6) is -0.185. The van der Waals surface area contributed by atoms with Gasteiger partial charge in [0.25, 0.3) is 0 Å². The largest absolute Gasteiger partial charge is 0.481 e. The van der Waals surface area contributed by atoms with Gasteiger partial charge in [0.1, 0.15) is 0 Å². The Morgan fingerprint density at radius 1 is 1.50 bits per heavy atom. The molecule has 1 saturated carbocycles. The molecule has 2 aliphatic rings. The number of aliphatic carboxylic acids is 1. The summed E-state index contributed by atoms with van der Waals surface area (Å²) >= 11 is 0. The number of hydrogen-bond donors (Lipinski definition) is 1. The van der Waals surface area contributed by atoms with Crippen molar-refractivity contribution in [2.45, 2.75) is 25.7 Å². The Labute approximate surface area is 78.1 Å². The first-order chi connectivity index (χ1) is 5.26. The number of hydrogen-bond acceptors (Lipinski definition) is 1. The lowest BCUT2D eigenvalue weighted by atomic mass is 9.56. The molecule has 2 rings (SSSR count). The smallest absolute Gasteiger partial charge is 0.313 e. The number of fused-ring (bicyclic) bond motifs is 1. The molecular formula is C9H13ClO2. The van der Waals surface area contributed by atoms with Crippen LogP contribution in [0.5, 0.6) is 0 Å². The maximum Gasteiger partial charge on any atom is 0.313 e. The predicted molar refractivity (Wildman–Crippen MR) is 48.4 cm³/mol. The number of carbonyl (C=O) groups is 1. The summed E-state index contributed by atoms with van der Waals surface area (Å²) in [5.41, 5.74) is -0.446. The van der Waals surface area contributed by atoms with Gasteiger partial charge >= 0.3 is 5.97 Å². The van der Waals surface area contributed by atoms with Crippen molar-refractivity contribution < 1.29 is 9.90 Å². The monoisotopic (exact) mass is 188 g/mol. The van der Waals surface area contributed by atoms with Crippen LogP contribution in [0.25, 0.3) is 0 Å². The third-order valence-electron chi connectivity index (χ3n) is 3.13. The van der Waals surface area contributed by atoms with E-state index in [1.807, 2.05) is 12.2 Å². The van der Waals surface area contributed by atoms with Crippen LogP contribution in [0.15, 0.2) is 12.2 Å². The van der Waals surface area contributed by atoms with Crippen LogP contribution in [0.1, 0.15) is 25.7 Å². The molecule has 0 radical (unpaired) electrons. The van der Waals surface area contributed by atoms with E-state index in [0.29, 0.717) is 5.92 Å². The summed E-state index contributed by atoms with van der Waals surface area (Å²) < 4.78 is 0. The lowest BCUT2D eigenvalue weighted by Gasteiger charge is -2.46. The van der Waals surface area contributed by atoms with Gasteiger partial charge in [-0.2, -0.15) is 0 Å². The van der Waals surface area contributed by atoms with Gasteiger partial charge in [0.2, 0.25) is 0 Å². The van der Waals surface area contributed by atoms with Gasteiger partial charge in [0.15, 0.2) is 0 Å². The van der Waals surface area contributed by atoms with E-state index in [0.717, 1.165) is 25.7 Å². The van der Waals surface area contributed by atoms with Gasteiger partial charge < -0.3 is 5.11 Å². The highest BCUT2D eigenvalue weighted by Gasteiger charge is 2.51. The molecule has 2 atom stereocenters. The molecule has 2 aliphatic carbocycles. The molecule has 3 heteroatoms. The lowest BCUT2D eigenvalue weighted by Crippen LogP contribution is -2.46. The van der Waals surface area contributed by atoms with E-state index < -0.39 is 11.4 Å². The Kier molecular flexibility index (Phi) is 2.47. The fourth-order valence-corrected chi connectivity index (χ4v) is 2.22. The van der Waals surface area contributed by atoms with Crippen molar-refractivity contribution in [3.8, 4) is 0 Å². The van der Waals surface area contributed by atoms with Gasteiger partial charge in [-0.1, -0.05) is 12.2 Å². The van der Waals surface area contributed by atoms with Crippen LogP contribution >= 0.6 is 12.4 Å². The van der Waals surface area contributed by atoms with Crippen LogP contribution in [0.2, 0.25) is 0 Å². The molecule has 0 heterocycles. The molecule has 2 nitrogen and oxygen atoms in total. The van der Waals surface area contributed by atoms with Gasteiger partial charge in [0, 0.05) is 0 Å². The number of allylic oxidation sites excluding steroid dienone is 1. The Balaban J connectivity index is 0.000000720. The molecule has 0 amide bonds. The van der Waals surface area contributed by atoms with Crippen molar-refractivity contribution in [2.75, 3.05) is 0 Å². The molecule has 0 bridgehead atoms. The van der Waals surface area contributed by atoms with Crippen molar-refractivity contribution in [2.24, 2.45) is 11.3 Å². The van der Waals surface area contributed by atoms with E-state index >= 15 is 0 Å². The summed E-state index contributed by atoms with van der Waals surface area (Å²) in [7, 11) is 0. The normalized spacial score (nSPS) is 37.5. The Bertz CT molecular complexity index is 225. The highest BCUT2D eigenvalue weighted by atomic mass is 35.5. The zero-order chi connectivity index (χ0) is 7.90. The summed E-state index contributed by atoms with van der Waals surface area (Å²) in [6.07, 6.45) is 8.03. The molecule has 0 aliphatic heterocycles. The highest BCUT2D eigenvalue weighted by molar-refractivity contribution is 5.85. The number of carboxylic acid groups (broad SMARTS) is 1. The van der Waals surface area contributed by atoms with Crippen LogP contribution in [-0.4, -0.2) is 11.1 Å². The molecule has 68 valence electrons. The second-order valence-corrected chi connectivity index (χ2v) is 3.56. The second-order valence-electron chi connectivity index (χ2n) is 3.56. The fourth-order valence-electron chi connectivity index (χ4n) is 2.22. The third-order valence-corrected chi connectivity index (χ3v) is 3.13. The fraction of sp³-hybridized carbons (Fsp3) is 0.667. The summed E-state index contributed by atoms with van der Waals surface area (Å²) in [4.78, 5) is 10.9. The zero-order valence-corrected chi connectivity index (χ0v) is 7.64. The molecular weight excluding hydrogens is 176 g/mol. The standard InChI is InChI=1S/C9H12O2.ClH/c10-8(11)9-5-2-1-3-7(9)4-6-9;/h2,5,7H,1,3-4,6H2,(H,10,11);1H. The molecule has 0 aromatic carbocycles. The van der Waals surface area contributed by atoms with Gasteiger partial charge in [-0.15, -0.1) is 12.4 Å². The second kappa shape index (κ2) is 3.09. The van der Waals surface area contributed by atoms with Gasteiger partial charge in [-0.05, 0) is 31.6 Å². The zero-order valence-electron chi connectivity index (χ0n) is 6.82. The summed E-state index contributed by atoms with van der Waals surface area (Å²) in [5, 5.41) is 8.97. The maximum absolute atomic E-state index is 10.9. The Morgan fingerprint density at radius 3 is 2.58 bits per heavy atom. The summed E-state index contributed by atoms with van der Waals surface area (Å²) in [6.45, 7) is 0. The Morgan fingerprint density at radius 2 is 2.25 bits per heavy atom. The van der Waals surface area contributed by atoms with Crippen molar-refractivity contribution in [1.82, 2.24) is 0 Å². The SMILES string of the molecule is Cl.O=C(O)C12C=CCCC1CC2. The van der Waals surface area contributed by atoms with Gasteiger partial charge in [-0.3, -0.25) is 4.79 Å². The van der Waals surface area contributed by atoms with Crippen LogP contribution < -0.4 is 0 Å². The van der Waals surface area contributed by atoms with Crippen LogP contribution in [0.4, 0.5) is 0 Å². The minimum Gasteiger partial charge on any atom is -0.481 e. The molecule has 0 saturated heterocycles. The van der Waals surface area contributed by atoms with E-state index in [2.05, 4.69) is 0 Å². The molecule has 1 fully saturated rings. The molecule has 0 aromatic heterocycles. The van der Waals surface area contributed by atoms with E-state index in [1.165, 1.54) is 0 Å². The number of rotatable bonds is 1. The molecule has 0 spiro atoms. The summed E-state index contributed by atoms with van der Waals surface area (Å²) in [6, 6.07) is 0. The van der Waals surface area contributed by atoms with Crippen molar-refractivity contribution in [3.63, 3.8) is 0 Å². The predicted octanol–water partition coefficient (Wildman–Crippen LogP) is 2.24. The minimum atomic E-state index is -0.621. The quantitative estimate of drug-likeness (QED) is 0.641. The van der Waals surface area contributed by atoms with Gasteiger partial charge in [-0.25, -0.2) is 0 Å². The number of carboxylic acids is 1. The number of halogens is 1. The van der Waals surface area contributed by atoms with E-state index in [-0.39, 0.29) is 12.4 Å². The average molecular weight is 189 g/mol. The van der Waals surface area contributed by atoms with Crippen molar-refractivity contribution in [3.05, 3.63) is 12.2 Å². The minimum absolute atomic E-state index is 0. The Hall–Kier alpha value is -0.500. The third kappa shape index (κ3) is 1.06. The van der Waals surface area contributed by atoms with Gasteiger partial charge in [0.05, 0.1) is 5.41 Å². The first kappa shape index (κ1) is 9.59. The molecule has 12 heavy (non-hydrogen) atoms. The van der Waals surface area contributed by atoms with Crippen molar-refractivity contribution >= 4 is 18.4 Å². The molecule has 0 aromatic rings. The first-order valence-electron chi connectivity index (χ1n) is 4.17. The highest BCUT2D eigenvalue weighted by Crippen LogP contribution is 2.52. The van der Waals surface area contributed by atoms with E-state index in [1.54, 1.807) is 0 Å². The maximum atomic E-state index is 10.9. The molecule has 1 N–H and O–H groups in total. The van der Waals surface area contributed by atoms with Crippen LogP contribution in [0.3, 0.4) is 0 Å². The lowest BCUT2D eigenvalue weighted by molar-refractivity contribution is -0.156. The van der Waals surface area contributed by atoms with Crippen LogP contribution in [0, 0.1) is 11.3 Å². The van der Waals surface area contributed by atoms with E-state index in [4.69, 9.17) is 5.11 Å². The van der Waals surface area contributed by atoms with Crippen LogP contribution in [-0.2, 0) is 4.79 Å².